The fourth-order valence-corrected chi connectivity index (χ4v) is 5.27. The van der Waals surface area contributed by atoms with Gasteiger partial charge in [-0.25, -0.2) is 9.97 Å². The highest BCUT2D eigenvalue weighted by Crippen LogP contribution is 2.40. The summed E-state index contributed by atoms with van der Waals surface area (Å²) in [5, 5.41) is 8.92. The molecular formula is C26H28N8O2. The van der Waals surface area contributed by atoms with Crippen LogP contribution < -0.4 is 5.32 Å². The first-order valence-corrected chi connectivity index (χ1v) is 12.6. The Morgan fingerprint density at radius 3 is 2.64 bits per heavy atom. The Morgan fingerprint density at radius 2 is 1.97 bits per heavy atom. The first kappa shape index (κ1) is 21.2. The van der Waals surface area contributed by atoms with E-state index in [1.165, 1.54) is 0 Å². The number of aromatic nitrogens is 6. The van der Waals surface area contributed by atoms with E-state index >= 15 is 0 Å². The van der Waals surface area contributed by atoms with E-state index in [0.717, 1.165) is 59.2 Å². The summed E-state index contributed by atoms with van der Waals surface area (Å²) in [6.07, 6.45) is 7.87. The fourth-order valence-electron chi connectivity index (χ4n) is 5.27. The standard InChI is InChI=1S/C26H28N8O2/c1-4-33-19(26(35)34(15-7-8-15)16-9-10-16)12-17-23-22(27-14-31(23)2)24(29-25(17)33)28-21-13-18(32(3)30-21)20-6-5-11-36-20/h5-6,11-16H,4,7-10H2,1-3H3,(H,28,29,30). The van der Waals surface area contributed by atoms with Crippen molar-refractivity contribution in [1.82, 2.24) is 33.8 Å². The highest BCUT2D eigenvalue weighted by atomic mass is 16.3. The van der Waals surface area contributed by atoms with E-state index in [1.807, 2.05) is 47.5 Å². The molecule has 10 nitrogen and oxygen atoms in total. The zero-order chi connectivity index (χ0) is 24.6. The molecule has 184 valence electrons. The molecule has 2 saturated carbocycles. The second kappa shape index (κ2) is 7.71. The molecule has 1 N–H and O–H groups in total. The van der Waals surface area contributed by atoms with Crippen molar-refractivity contribution in [2.45, 2.75) is 51.2 Å². The van der Waals surface area contributed by atoms with E-state index < -0.39 is 0 Å². The Balaban J connectivity index is 1.35. The van der Waals surface area contributed by atoms with Gasteiger partial charge in [0.1, 0.15) is 22.6 Å². The summed E-state index contributed by atoms with van der Waals surface area (Å²) >= 11 is 0. The minimum atomic E-state index is 0.123. The summed E-state index contributed by atoms with van der Waals surface area (Å²) in [4.78, 5) is 25.5. The Bertz CT molecular complexity index is 1600. The van der Waals surface area contributed by atoms with Crippen molar-refractivity contribution in [3.05, 3.63) is 42.5 Å². The average Bonchev–Trinajstić information content (AvgIpc) is 3.69. The van der Waals surface area contributed by atoms with Gasteiger partial charge < -0.3 is 23.8 Å². The predicted molar refractivity (Wildman–Crippen MR) is 136 cm³/mol. The molecule has 0 unspecified atom stereocenters. The number of hydrogen-bond donors (Lipinski definition) is 1. The number of aryl methyl sites for hydroxylation is 3. The molecule has 0 atom stereocenters. The number of amides is 1. The smallest absolute Gasteiger partial charge is 0.271 e. The Kier molecular flexibility index (Phi) is 4.54. The Hall–Kier alpha value is -4.08. The number of hydrogen-bond acceptors (Lipinski definition) is 6. The molecule has 5 heterocycles. The molecule has 2 fully saturated rings. The number of nitrogens with one attached hydrogen (secondary N) is 1. The maximum Gasteiger partial charge on any atom is 0.271 e. The molecule has 36 heavy (non-hydrogen) atoms. The van der Waals surface area contributed by atoms with Crippen molar-refractivity contribution in [3.63, 3.8) is 0 Å². The van der Waals surface area contributed by atoms with Gasteiger partial charge in [-0.15, -0.1) is 0 Å². The summed E-state index contributed by atoms with van der Waals surface area (Å²) < 4.78 is 11.4. The van der Waals surface area contributed by atoms with E-state index in [4.69, 9.17) is 9.40 Å². The van der Waals surface area contributed by atoms with Crippen molar-refractivity contribution < 1.29 is 9.21 Å². The predicted octanol–water partition coefficient (Wildman–Crippen LogP) is 4.45. The molecule has 2 aliphatic carbocycles. The molecule has 0 radical (unpaired) electrons. The van der Waals surface area contributed by atoms with Gasteiger partial charge in [0, 0.05) is 44.2 Å². The van der Waals surface area contributed by atoms with Crippen LogP contribution in [-0.2, 0) is 20.6 Å². The van der Waals surface area contributed by atoms with Gasteiger partial charge in [-0.2, -0.15) is 5.10 Å². The number of imidazole rings is 1. The van der Waals surface area contributed by atoms with Crippen molar-refractivity contribution in [1.29, 1.82) is 0 Å². The maximum absolute atomic E-state index is 13.8. The van der Waals surface area contributed by atoms with Crippen LogP contribution >= 0.6 is 0 Å². The van der Waals surface area contributed by atoms with Gasteiger partial charge in [0.25, 0.3) is 5.91 Å². The number of anilines is 2. The fraction of sp³-hybridized carbons (Fsp3) is 0.385. The molecule has 0 bridgehead atoms. The topological polar surface area (TPSA) is 98.9 Å². The van der Waals surface area contributed by atoms with Gasteiger partial charge >= 0.3 is 0 Å². The quantitative estimate of drug-likeness (QED) is 0.367. The molecule has 0 saturated heterocycles. The summed E-state index contributed by atoms with van der Waals surface area (Å²) in [6.45, 7) is 2.71. The Labute approximate surface area is 207 Å². The molecule has 10 heteroatoms. The molecule has 0 aromatic carbocycles. The molecule has 2 aliphatic rings. The van der Waals surface area contributed by atoms with E-state index in [1.54, 1.807) is 17.3 Å². The normalized spacial score (nSPS) is 15.8. The van der Waals surface area contributed by atoms with E-state index in [2.05, 4.69) is 27.2 Å². The number of carbonyl (C=O) groups is 1. The van der Waals surface area contributed by atoms with Gasteiger partial charge in [0.2, 0.25) is 0 Å². The van der Waals surface area contributed by atoms with Crippen molar-refractivity contribution in [2.24, 2.45) is 14.1 Å². The molecule has 1 amide bonds. The lowest BCUT2D eigenvalue weighted by Gasteiger charge is -2.22. The van der Waals surface area contributed by atoms with Gasteiger partial charge in [-0.05, 0) is 50.8 Å². The number of pyridine rings is 1. The van der Waals surface area contributed by atoms with Gasteiger partial charge in [-0.3, -0.25) is 9.48 Å². The first-order valence-electron chi connectivity index (χ1n) is 12.6. The van der Waals surface area contributed by atoms with Crippen LogP contribution in [0.1, 0.15) is 43.1 Å². The minimum Gasteiger partial charge on any atom is -0.463 e. The lowest BCUT2D eigenvalue weighted by Crippen LogP contribution is -2.36. The summed E-state index contributed by atoms with van der Waals surface area (Å²) in [6, 6.07) is 8.48. The summed E-state index contributed by atoms with van der Waals surface area (Å²) in [5.41, 5.74) is 4.01. The monoisotopic (exact) mass is 484 g/mol. The third-order valence-electron chi connectivity index (χ3n) is 7.25. The van der Waals surface area contributed by atoms with E-state index in [9.17, 15) is 4.79 Å². The molecule has 0 aliphatic heterocycles. The highest BCUT2D eigenvalue weighted by molar-refractivity contribution is 6.10. The molecule has 7 rings (SSSR count). The van der Waals surface area contributed by atoms with Crippen LogP contribution in [0.25, 0.3) is 33.5 Å². The largest absolute Gasteiger partial charge is 0.463 e. The van der Waals surface area contributed by atoms with Crippen LogP contribution in [0.15, 0.2) is 41.3 Å². The molecule has 0 spiro atoms. The minimum absolute atomic E-state index is 0.123. The lowest BCUT2D eigenvalue weighted by molar-refractivity contribution is 0.0719. The number of fused-ring (bicyclic) bond motifs is 3. The number of rotatable bonds is 7. The Morgan fingerprint density at radius 1 is 1.19 bits per heavy atom. The van der Waals surface area contributed by atoms with Crippen LogP contribution in [-0.4, -0.2) is 51.8 Å². The number of furan rings is 1. The first-order chi connectivity index (χ1) is 17.5. The van der Waals surface area contributed by atoms with Crippen LogP contribution in [0.2, 0.25) is 0 Å². The van der Waals surface area contributed by atoms with E-state index in [0.29, 0.717) is 36.0 Å². The van der Waals surface area contributed by atoms with Gasteiger partial charge in [0.15, 0.2) is 17.4 Å². The second-order valence-corrected chi connectivity index (χ2v) is 9.84. The van der Waals surface area contributed by atoms with Crippen LogP contribution in [0.3, 0.4) is 0 Å². The third kappa shape index (κ3) is 3.24. The van der Waals surface area contributed by atoms with Crippen molar-refractivity contribution >= 4 is 39.6 Å². The summed E-state index contributed by atoms with van der Waals surface area (Å²) in [7, 11) is 3.85. The maximum atomic E-state index is 13.8. The SMILES string of the molecule is CCn1c(C(=O)N(C2CC2)C2CC2)cc2c3c(ncn3C)c(Nc3cc(-c4ccco4)n(C)n3)nc21. The second-order valence-electron chi connectivity index (χ2n) is 9.84. The summed E-state index contributed by atoms with van der Waals surface area (Å²) in [5.74, 6) is 2.11. The van der Waals surface area contributed by atoms with Crippen LogP contribution in [0, 0.1) is 0 Å². The molecule has 5 aromatic rings. The third-order valence-corrected chi connectivity index (χ3v) is 7.25. The number of nitrogens with zero attached hydrogens (tertiary/aromatic N) is 7. The van der Waals surface area contributed by atoms with Crippen molar-refractivity contribution in [3.8, 4) is 11.5 Å². The number of carbonyl (C=O) groups excluding carboxylic acids is 1. The highest BCUT2D eigenvalue weighted by Gasteiger charge is 2.43. The van der Waals surface area contributed by atoms with Crippen LogP contribution in [0.4, 0.5) is 11.6 Å². The van der Waals surface area contributed by atoms with Crippen LogP contribution in [0.5, 0.6) is 0 Å². The zero-order valence-corrected chi connectivity index (χ0v) is 20.6. The van der Waals surface area contributed by atoms with Crippen molar-refractivity contribution in [2.75, 3.05) is 5.32 Å². The van der Waals surface area contributed by atoms with Gasteiger partial charge in [-0.1, -0.05) is 0 Å². The molecular weight excluding hydrogens is 456 g/mol. The molecule has 5 aromatic heterocycles. The zero-order valence-electron chi connectivity index (χ0n) is 20.6. The van der Waals surface area contributed by atoms with Gasteiger partial charge in [0.05, 0.1) is 18.1 Å². The average molecular weight is 485 g/mol. The van der Waals surface area contributed by atoms with E-state index in [-0.39, 0.29) is 5.91 Å². The lowest BCUT2D eigenvalue weighted by atomic mass is 10.2.